The fourth-order valence-corrected chi connectivity index (χ4v) is 3.21. The third kappa shape index (κ3) is 9.67. The van der Waals surface area contributed by atoms with Crippen LogP contribution in [0.15, 0.2) is 60.2 Å². The summed E-state index contributed by atoms with van der Waals surface area (Å²) in [5, 5.41) is 0. The predicted molar refractivity (Wildman–Crippen MR) is 127 cm³/mol. The van der Waals surface area contributed by atoms with Crippen LogP contribution in [0.2, 0.25) is 0 Å². The molecule has 31 heavy (non-hydrogen) atoms. The Kier molecular flexibility index (Phi) is 11.2. The lowest BCUT2D eigenvalue weighted by atomic mass is 10.0. The van der Waals surface area contributed by atoms with Gasteiger partial charge in [0.05, 0.1) is 0 Å². The quantitative estimate of drug-likeness (QED) is 0.285. The van der Waals surface area contributed by atoms with Crippen LogP contribution < -0.4 is 0 Å². The van der Waals surface area contributed by atoms with E-state index in [1.54, 1.807) is 0 Å². The summed E-state index contributed by atoms with van der Waals surface area (Å²) in [6.07, 6.45) is 10.5. The number of unbranched alkanes of at least 4 members (excludes halogenated alkanes) is 5. The Morgan fingerprint density at radius 3 is 1.39 bits per heavy atom. The maximum absolute atomic E-state index is 14.0. The number of hydrogen-bond donors (Lipinski definition) is 0. The van der Waals surface area contributed by atoms with E-state index in [1.165, 1.54) is 49.7 Å². The Morgan fingerprint density at radius 1 is 0.581 bits per heavy atom. The molecule has 0 aliphatic carbocycles. The molecule has 0 aliphatic rings. The summed E-state index contributed by atoms with van der Waals surface area (Å²) >= 11 is 0. The summed E-state index contributed by atoms with van der Waals surface area (Å²) in [6.45, 7) is 4.37. The highest BCUT2D eigenvalue weighted by Gasteiger charge is 2.00. The van der Waals surface area contributed by atoms with Crippen molar-refractivity contribution >= 4 is 0 Å². The third-order valence-corrected chi connectivity index (χ3v) is 5.12. The van der Waals surface area contributed by atoms with Gasteiger partial charge in [-0.05, 0) is 72.9 Å². The minimum absolute atomic E-state index is 0.657. The van der Waals surface area contributed by atoms with Gasteiger partial charge >= 0.3 is 0 Å². The van der Waals surface area contributed by atoms with E-state index in [4.69, 9.17) is 0 Å². The molecule has 162 valence electrons. The molecule has 0 saturated carbocycles. The fourth-order valence-electron chi connectivity index (χ4n) is 3.21. The Bertz CT molecular complexity index is 942. The normalized spacial score (nSPS) is 11.1. The van der Waals surface area contributed by atoms with Gasteiger partial charge < -0.3 is 0 Å². The van der Waals surface area contributed by atoms with Crippen LogP contribution in [-0.2, 0) is 12.8 Å². The molecule has 0 radical (unpaired) electrons. The molecule has 2 heteroatoms. The largest absolute Gasteiger partial charge is 0.217 e. The van der Waals surface area contributed by atoms with E-state index in [-0.39, 0.29) is 0 Å². The first-order chi connectivity index (χ1) is 15.1. The molecule has 0 unspecified atom stereocenters. The van der Waals surface area contributed by atoms with E-state index in [9.17, 15) is 8.78 Å². The van der Waals surface area contributed by atoms with Gasteiger partial charge in [-0.1, -0.05) is 82.1 Å². The van der Waals surface area contributed by atoms with Gasteiger partial charge in [0.1, 0.15) is 0 Å². The van der Waals surface area contributed by atoms with E-state index in [1.807, 2.05) is 48.5 Å². The molecule has 0 saturated heterocycles. The number of halogens is 2. The van der Waals surface area contributed by atoms with E-state index >= 15 is 0 Å². The van der Waals surface area contributed by atoms with Crippen LogP contribution in [0.5, 0.6) is 0 Å². The summed E-state index contributed by atoms with van der Waals surface area (Å²) in [4.78, 5) is 0. The van der Waals surface area contributed by atoms with Gasteiger partial charge in [-0.15, -0.1) is 0 Å². The maximum Gasteiger partial charge on any atom is 0.217 e. The molecule has 0 atom stereocenters. The standard InChI is InChI=1S/C29H32F2/c1-3-5-7-9-11-25-14-18-27(19-15-25)21-23-29(31)28(30)22-20-26-16-12-24(13-17-26)10-8-6-4-2/h12-19H,3-11H2,1-2H3/b29-28+. The average molecular weight is 419 g/mol. The molecular weight excluding hydrogens is 386 g/mol. The van der Waals surface area contributed by atoms with Crippen molar-refractivity contribution in [1.29, 1.82) is 0 Å². The SMILES string of the molecule is CCCCCCc1ccc(C#C/C(F)=C(\F)C#Cc2ccc(CCCCC)cc2)cc1. The molecule has 0 spiro atoms. The second kappa shape index (κ2) is 14.2. The second-order valence-corrected chi connectivity index (χ2v) is 7.79. The minimum atomic E-state index is -1.13. The summed E-state index contributed by atoms with van der Waals surface area (Å²) < 4.78 is 27.9. The molecule has 0 aliphatic heterocycles. The monoisotopic (exact) mass is 418 g/mol. The minimum Gasteiger partial charge on any atom is -0.193 e. The van der Waals surface area contributed by atoms with Crippen molar-refractivity contribution in [3.8, 4) is 23.7 Å². The highest BCUT2D eigenvalue weighted by molar-refractivity contribution is 5.45. The first-order valence-corrected chi connectivity index (χ1v) is 11.4. The van der Waals surface area contributed by atoms with Crippen molar-refractivity contribution in [2.75, 3.05) is 0 Å². The zero-order valence-electron chi connectivity index (χ0n) is 18.7. The van der Waals surface area contributed by atoms with E-state index in [0.717, 1.165) is 19.3 Å². The van der Waals surface area contributed by atoms with Gasteiger partial charge in [0.2, 0.25) is 11.7 Å². The lowest BCUT2D eigenvalue weighted by molar-refractivity contribution is 0.584. The van der Waals surface area contributed by atoms with Crippen LogP contribution in [0.25, 0.3) is 0 Å². The molecule has 0 fully saturated rings. The highest BCUT2D eigenvalue weighted by atomic mass is 19.2. The van der Waals surface area contributed by atoms with E-state index < -0.39 is 11.7 Å². The topological polar surface area (TPSA) is 0 Å². The van der Waals surface area contributed by atoms with Crippen molar-refractivity contribution in [2.24, 2.45) is 0 Å². The second-order valence-electron chi connectivity index (χ2n) is 7.79. The number of rotatable bonds is 9. The molecule has 0 aromatic heterocycles. The molecule has 2 rings (SSSR count). The van der Waals surface area contributed by atoms with Crippen LogP contribution in [0, 0.1) is 23.7 Å². The predicted octanol–water partition coefficient (Wildman–Crippen LogP) is 8.10. The first-order valence-electron chi connectivity index (χ1n) is 11.4. The zero-order valence-corrected chi connectivity index (χ0v) is 18.7. The number of benzene rings is 2. The van der Waals surface area contributed by atoms with Gasteiger partial charge in [0.25, 0.3) is 0 Å². The highest BCUT2D eigenvalue weighted by Crippen LogP contribution is 2.12. The molecule has 0 amide bonds. The van der Waals surface area contributed by atoms with Crippen molar-refractivity contribution in [1.82, 2.24) is 0 Å². The lowest BCUT2D eigenvalue weighted by Gasteiger charge is -2.01. The third-order valence-electron chi connectivity index (χ3n) is 5.12. The van der Waals surface area contributed by atoms with Crippen LogP contribution in [0.4, 0.5) is 8.78 Å². The maximum atomic E-state index is 14.0. The lowest BCUT2D eigenvalue weighted by Crippen LogP contribution is -1.86. The van der Waals surface area contributed by atoms with Gasteiger partial charge in [-0.2, -0.15) is 8.78 Å². The summed E-state index contributed by atoms with van der Waals surface area (Å²) in [5.41, 5.74) is 3.79. The fraction of sp³-hybridized carbons (Fsp3) is 0.379. The molecular formula is C29H32F2. The number of allylic oxidation sites excluding steroid dienone is 2. The van der Waals surface area contributed by atoms with Crippen LogP contribution in [0.3, 0.4) is 0 Å². The average Bonchev–Trinajstić information content (AvgIpc) is 2.80. The van der Waals surface area contributed by atoms with Crippen LogP contribution in [-0.4, -0.2) is 0 Å². The van der Waals surface area contributed by atoms with Crippen LogP contribution in [0.1, 0.15) is 81.0 Å². The Labute approximate surface area is 186 Å². The molecule has 0 nitrogen and oxygen atoms in total. The molecule has 0 N–H and O–H groups in total. The molecule has 0 bridgehead atoms. The van der Waals surface area contributed by atoms with E-state index in [0.29, 0.717) is 11.1 Å². The van der Waals surface area contributed by atoms with Crippen molar-refractivity contribution in [3.05, 3.63) is 82.4 Å². The van der Waals surface area contributed by atoms with Crippen molar-refractivity contribution < 1.29 is 8.78 Å². The smallest absolute Gasteiger partial charge is 0.193 e. The Hall–Kier alpha value is -2.84. The van der Waals surface area contributed by atoms with E-state index in [2.05, 4.69) is 37.5 Å². The Balaban J connectivity index is 1.93. The van der Waals surface area contributed by atoms with Crippen molar-refractivity contribution in [2.45, 2.75) is 71.6 Å². The van der Waals surface area contributed by atoms with Gasteiger partial charge in [0, 0.05) is 11.1 Å². The first kappa shape index (κ1) is 24.4. The molecule has 2 aromatic carbocycles. The van der Waals surface area contributed by atoms with Crippen LogP contribution >= 0.6 is 0 Å². The van der Waals surface area contributed by atoms with Gasteiger partial charge in [-0.3, -0.25) is 0 Å². The molecule has 0 heterocycles. The Morgan fingerprint density at radius 2 is 0.968 bits per heavy atom. The summed E-state index contributed by atoms with van der Waals surface area (Å²) in [7, 11) is 0. The van der Waals surface area contributed by atoms with Gasteiger partial charge in [0.15, 0.2) is 0 Å². The molecule has 2 aromatic rings. The number of aryl methyl sites for hydroxylation is 2. The summed E-state index contributed by atoms with van der Waals surface area (Å²) in [6, 6.07) is 15.4. The van der Waals surface area contributed by atoms with Crippen molar-refractivity contribution in [3.63, 3.8) is 0 Å². The summed E-state index contributed by atoms with van der Waals surface area (Å²) in [5.74, 6) is 7.54. The zero-order chi connectivity index (χ0) is 22.3. The van der Waals surface area contributed by atoms with Gasteiger partial charge in [-0.25, -0.2) is 0 Å². The number of hydrogen-bond acceptors (Lipinski definition) is 0.